The molecule has 0 radical (unpaired) electrons. The van der Waals surface area contributed by atoms with Crippen molar-refractivity contribution >= 4 is 11.9 Å². The lowest BCUT2D eigenvalue weighted by Crippen LogP contribution is -2.45. The van der Waals surface area contributed by atoms with Crippen molar-refractivity contribution in [1.82, 2.24) is 5.32 Å². The van der Waals surface area contributed by atoms with Gasteiger partial charge in [-0.15, -0.1) is 0 Å². The average molecular weight is 901 g/mol. The highest BCUT2D eigenvalue weighted by Gasteiger charge is 2.18. The molecular weight excluding hydrogens is 791 g/mol. The Morgan fingerprint density at radius 3 is 1.16 bits per heavy atom. The van der Waals surface area contributed by atoms with Crippen molar-refractivity contribution in [3.8, 4) is 0 Å². The summed E-state index contributed by atoms with van der Waals surface area (Å²) in [5, 5.41) is 23.1. The number of hydrogen-bond acceptors (Lipinski definition) is 5. The van der Waals surface area contributed by atoms with Crippen molar-refractivity contribution < 1.29 is 24.5 Å². The Labute approximate surface area is 398 Å². The van der Waals surface area contributed by atoms with Crippen LogP contribution in [0.25, 0.3) is 0 Å². The molecule has 0 rings (SSSR count). The van der Waals surface area contributed by atoms with Gasteiger partial charge in [0.1, 0.15) is 0 Å². The van der Waals surface area contributed by atoms with Gasteiger partial charge in [0.05, 0.1) is 25.4 Å². The van der Waals surface area contributed by atoms with E-state index in [0.717, 1.165) is 77.0 Å². The number of aliphatic hydroxyl groups excluding tert-OH is 2. The SMILES string of the molecule is CCCCCCCCCCCCCCCC/C=C/C(O)C(CO)NC(=O)CCCCCCCCCCCC/C=C\C=C/CCCCCOC(=O)CCCCCCCCCCCCCC. The largest absolute Gasteiger partial charge is 0.466 e. The number of nitrogens with one attached hydrogen (secondary N) is 1. The summed E-state index contributed by atoms with van der Waals surface area (Å²) >= 11 is 0. The number of esters is 1. The van der Waals surface area contributed by atoms with Crippen LogP contribution in [0, 0.1) is 0 Å². The fourth-order valence-electron chi connectivity index (χ4n) is 8.57. The zero-order chi connectivity index (χ0) is 46.5. The van der Waals surface area contributed by atoms with Gasteiger partial charge in [-0.3, -0.25) is 9.59 Å². The molecule has 0 aromatic rings. The molecule has 6 heteroatoms. The van der Waals surface area contributed by atoms with Gasteiger partial charge < -0.3 is 20.3 Å². The number of ether oxygens (including phenoxy) is 1. The molecule has 0 saturated heterocycles. The Bertz CT molecular complexity index is 1040. The van der Waals surface area contributed by atoms with Crippen LogP contribution in [0.3, 0.4) is 0 Å². The van der Waals surface area contributed by atoms with E-state index in [2.05, 4.69) is 43.5 Å². The van der Waals surface area contributed by atoms with Gasteiger partial charge in [-0.25, -0.2) is 0 Å². The van der Waals surface area contributed by atoms with Gasteiger partial charge in [-0.1, -0.05) is 256 Å². The average Bonchev–Trinajstić information content (AvgIpc) is 3.29. The van der Waals surface area contributed by atoms with Gasteiger partial charge in [0.2, 0.25) is 5.91 Å². The van der Waals surface area contributed by atoms with E-state index in [1.807, 2.05) is 6.08 Å². The van der Waals surface area contributed by atoms with Gasteiger partial charge in [0.15, 0.2) is 0 Å². The van der Waals surface area contributed by atoms with Crippen LogP contribution in [-0.4, -0.2) is 47.4 Å². The van der Waals surface area contributed by atoms with E-state index in [0.29, 0.717) is 19.4 Å². The predicted molar refractivity (Wildman–Crippen MR) is 278 cm³/mol. The first kappa shape index (κ1) is 62.1. The van der Waals surface area contributed by atoms with Crippen molar-refractivity contribution in [3.63, 3.8) is 0 Å². The fraction of sp³-hybridized carbons (Fsp3) is 0.862. The summed E-state index contributed by atoms with van der Waals surface area (Å²) in [6, 6.07) is -0.635. The van der Waals surface area contributed by atoms with Gasteiger partial charge in [0, 0.05) is 12.8 Å². The molecule has 64 heavy (non-hydrogen) atoms. The molecule has 2 atom stereocenters. The van der Waals surface area contributed by atoms with Gasteiger partial charge in [0.25, 0.3) is 0 Å². The van der Waals surface area contributed by atoms with Crippen LogP contribution in [0.1, 0.15) is 296 Å². The highest BCUT2D eigenvalue weighted by atomic mass is 16.5. The summed E-state index contributed by atoms with van der Waals surface area (Å²) in [5.74, 6) is -0.0908. The number of unbranched alkanes of at least 4 members (excludes halogenated alkanes) is 38. The third-order valence-corrected chi connectivity index (χ3v) is 12.9. The second-order valence-electron chi connectivity index (χ2n) is 19.3. The van der Waals surface area contributed by atoms with Crippen molar-refractivity contribution in [1.29, 1.82) is 0 Å². The Kier molecular flexibility index (Phi) is 52.1. The maximum absolute atomic E-state index is 12.4. The molecular formula is C58H109NO5. The van der Waals surface area contributed by atoms with E-state index in [9.17, 15) is 19.8 Å². The molecule has 0 aromatic heterocycles. The zero-order valence-electron chi connectivity index (χ0n) is 42.8. The second kappa shape index (κ2) is 53.7. The van der Waals surface area contributed by atoms with Crippen LogP contribution in [-0.2, 0) is 14.3 Å². The highest BCUT2D eigenvalue weighted by Crippen LogP contribution is 2.16. The topological polar surface area (TPSA) is 95.9 Å². The quantitative estimate of drug-likeness (QED) is 0.0245. The highest BCUT2D eigenvalue weighted by molar-refractivity contribution is 5.76. The number of rotatable bonds is 52. The standard InChI is InChI=1S/C58H109NO5/c1-3-5-7-9-11-13-15-17-18-24-27-30-34-38-42-46-50-56(61)55(54-60)59-57(62)51-47-43-39-35-31-28-25-22-20-19-21-23-26-29-33-37-41-45-49-53-64-58(63)52-48-44-40-36-32-16-14-12-10-8-6-4-2/h23,26,29,33,46,50,55-56,60-61H,3-22,24-25,27-28,30-32,34-45,47-49,51-54H2,1-2H3,(H,59,62)/b26-23-,33-29-,50-46+. The van der Waals surface area contributed by atoms with Gasteiger partial charge in [-0.2, -0.15) is 0 Å². The Hall–Kier alpha value is -1.92. The first-order valence-corrected chi connectivity index (χ1v) is 28.3. The van der Waals surface area contributed by atoms with E-state index in [4.69, 9.17) is 4.74 Å². The minimum absolute atomic E-state index is 0.0137. The normalized spacial score (nSPS) is 12.9. The van der Waals surface area contributed by atoms with E-state index < -0.39 is 12.1 Å². The number of aliphatic hydroxyl groups is 2. The number of carbonyl (C=O) groups is 2. The van der Waals surface area contributed by atoms with Crippen molar-refractivity contribution in [2.45, 2.75) is 309 Å². The molecule has 0 aliphatic rings. The molecule has 0 aromatic carbocycles. The van der Waals surface area contributed by atoms with Crippen molar-refractivity contribution in [2.75, 3.05) is 13.2 Å². The predicted octanol–water partition coefficient (Wildman–Crippen LogP) is 17.2. The smallest absolute Gasteiger partial charge is 0.305 e. The molecule has 0 aliphatic heterocycles. The lowest BCUT2D eigenvalue weighted by molar-refractivity contribution is -0.143. The monoisotopic (exact) mass is 900 g/mol. The Morgan fingerprint density at radius 1 is 0.438 bits per heavy atom. The third-order valence-electron chi connectivity index (χ3n) is 12.9. The van der Waals surface area contributed by atoms with Crippen LogP contribution in [0.2, 0.25) is 0 Å². The lowest BCUT2D eigenvalue weighted by Gasteiger charge is -2.20. The summed E-state index contributed by atoms with van der Waals surface area (Å²) < 4.78 is 5.44. The van der Waals surface area contributed by atoms with Gasteiger partial charge in [-0.05, 0) is 64.2 Å². The van der Waals surface area contributed by atoms with E-state index >= 15 is 0 Å². The van der Waals surface area contributed by atoms with Crippen LogP contribution in [0.15, 0.2) is 36.5 Å². The summed E-state index contributed by atoms with van der Waals surface area (Å²) in [6.07, 6.45) is 65.9. The summed E-state index contributed by atoms with van der Waals surface area (Å²) in [6.45, 7) is 4.87. The van der Waals surface area contributed by atoms with Crippen molar-refractivity contribution in [2.24, 2.45) is 0 Å². The second-order valence-corrected chi connectivity index (χ2v) is 19.3. The first-order chi connectivity index (χ1) is 31.5. The fourth-order valence-corrected chi connectivity index (χ4v) is 8.57. The molecule has 0 spiro atoms. The Morgan fingerprint density at radius 2 is 0.766 bits per heavy atom. The maximum Gasteiger partial charge on any atom is 0.305 e. The van der Waals surface area contributed by atoms with E-state index in [1.54, 1.807) is 6.08 Å². The molecule has 0 saturated carbocycles. The minimum Gasteiger partial charge on any atom is -0.466 e. The lowest BCUT2D eigenvalue weighted by atomic mass is 10.0. The van der Waals surface area contributed by atoms with Crippen molar-refractivity contribution in [3.05, 3.63) is 36.5 Å². The van der Waals surface area contributed by atoms with Crippen LogP contribution < -0.4 is 5.32 Å². The van der Waals surface area contributed by atoms with Crippen LogP contribution >= 0.6 is 0 Å². The van der Waals surface area contributed by atoms with E-state index in [1.165, 1.54) is 193 Å². The summed E-state index contributed by atoms with van der Waals surface area (Å²) in [5.41, 5.74) is 0. The molecule has 1 amide bonds. The third kappa shape index (κ3) is 49.5. The molecule has 3 N–H and O–H groups in total. The molecule has 6 nitrogen and oxygen atoms in total. The molecule has 0 heterocycles. The molecule has 0 fully saturated rings. The summed E-state index contributed by atoms with van der Waals surface area (Å²) in [7, 11) is 0. The first-order valence-electron chi connectivity index (χ1n) is 28.3. The molecule has 376 valence electrons. The molecule has 0 aliphatic carbocycles. The number of allylic oxidation sites excluding steroid dienone is 5. The number of carbonyl (C=O) groups excluding carboxylic acids is 2. The van der Waals surface area contributed by atoms with Crippen LogP contribution in [0.4, 0.5) is 0 Å². The summed E-state index contributed by atoms with van der Waals surface area (Å²) in [4.78, 5) is 24.4. The molecule has 0 bridgehead atoms. The van der Waals surface area contributed by atoms with Gasteiger partial charge >= 0.3 is 5.97 Å². The number of hydrogen-bond donors (Lipinski definition) is 3. The van der Waals surface area contributed by atoms with Crippen LogP contribution in [0.5, 0.6) is 0 Å². The van der Waals surface area contributed by atoms with E-state index in [-0.39, 0.29) is 18.5 Å². The number of amides is 1. The zero-order valence-corrected chi connectivity index (χ0v) is 42.8. The molecule has 2 unspecified atom stereocenters. The maximum atomic E-state index is 12.4. The Balaban J connectivity index is 3.51. The minimum atomic E-state index is -0.851.